The second kappa shape index (κ2) is 3.59. The summed E-state index contributed by atoms with van der Waals surface area (Å²) < 4.78 is 2.53. The second-order valence-corrected chi connectivity index (χ2v) is 5.81. The third-order valence-electron chi connectivity index (χ3n) is 4.69. The summed E-state index contributed by atoms with van der Waals surface area (Å²) in [6, 6.07) is 7.40. The number of hydrogen-bond acceptors (Lipinski definition) is 1. The lowest BCUT2D eigenvalue weighted by Crippen LogP contribution is -3.19. The largest absolute Gasteiger partial charge is 0.333 e. The Morgan fingerprint density at radius 1 is 1.39 bits per heavy atom. The van der Waals surface area contributed by atoms with Crippen LogP contribution in [-0.4, -0.2) is 11.1 Å². The van der Waals surface area contributed by atoms with Gasteiger partial charge < -0.3 is 4.57 Å². The fourth-order valence-corrected chi connectivity index (χ4v) is 3.86. The summed E-state index contributed by atoms with van der Waals surface area (Å²) in [4.78, 5) is 0. The number of rotatable bonds is 0. The Bertz CT molecular complexity index is 626. The smallest absolute Gasteiger partial charge is 0.146 e. The lowest BCUT2D eigenvalue weighted by molar-refractivity contribution is -0.949. The summed E-state index contributed by atoms with van der Waals surface area (Å²) in [6.45, 7) is 4.30. The molecule has 2 atom stereocenters. The van der Waals surface area contributed by atoms with Crippen molar-refractivity contribution >= 4 is 10.9 Å². The highest BCUT2D eigenvalue weighted by Gasteiger charge is 2.36. The fraction of sp³-hybridized carbons (Fsp3) is 0.467. The van der Waals surface area contributed by atoms with Crippen molar-refractivity contribution in [3.8, 4) is 0 Å². The molecule has 3 nitrogen and oxygen atoms in total. The first-order chi connectivity index (χ1) is 8.75. The molecule has 0 amide bonds. The van der Waals surface area contributed by atoms with E-state index in [0.717, 1.165) is 13.1 Å². The van der Waals surface area contributed by atoms with Crippen LogP contribution < -0.4 is 10.9 Å². The number of nitrogens with one attached hydrogen (secondary N) is 1. The molecule has 2 aromatic rings. The minimum Gasteiger partial charge on any atom is -0.333 e. The van der Waals surface area contributed by atoms with E-state index in [0.29, 0.717) is 6.04 Å². The van der Waals surface area contributed by atoms with Crippen LogP contribution in [0.2, 0.25) is 0 Å². The van der Waals surface area contributed by atoms with Gasteiger partial charge in [0.25, 0.3) is 0 Å². The Kier molecular flexibility index (Phi) is 2.11. The lowest BCUT2D eigenvalue weighted by atomic mass is 9.90. The van der Waals surface area contributed by atoms with E-state index < -0.39 is 0 Å². The van der Waals surface area contributed by atoms with Crippen molar-refractivity contribution in [2.45, 2.75) is 38.8 Å². The van der Waals surface area contributed by atoms with Crippen LogP contribution in [-0.2, 0) is 13.0 Å². The predicted molar refractivity (Wildman–Crippen MR) is 72.4 cm³/mol. The first kappa shape index (κ1) is 10.6. The molecule has 0 saturated heterocycles. The summed E-state index contributed by atoms with van der Waals surface area (Å²) in [5, 5.41) is 2.69. The van der Waals surface area contributed by atoms with Gasteiger partial charge in [0.1, 0.15) is 12.6 Å². The van der Waals surface area contributed by atoms with Gasteiger partial charge in [0.15, 0.2) is 0 Å². The van der Waals surface area contributed by atoms with Crippen LogP contribution in [0, 0.1) is 6.92 Å². The van der Waals surface area contributed by atoms with Gasteiger partial charge in [-0.05, 0) is 37.5 Å². The normalized spacial score (nSPS) is 26.3. The first-order valence-corrected chi connectivity index (χ1v) is 6.98. The lowest BCUT2D eigenvalue weighted by Gasteiger charge is -2.33. The van der Waals surface area contributed by atoms with E-state index in [4.69, 9.17) is 5.84 Å². The van der Waals surface area contributed by atoms with Crippen molar-refractivity contribution in [2.24, 2.45) is 5.84 Å². The quantitative estimate of drug-likeness (QED) is 0.667. The highest BCUT2D eigenvalue weighted by atomic mass is 15.4. The van der Waals surface area contributed by atoms with Crippen LogP contribution in [0.3, 0.4) is 0 Å². The molecular formula is C15H20N3+. The average molecular weight is 242 g/mol. The minimum atomic E-state index is 0.523. The van der Waals surface area contributed by atoms with Gasteiger partial charge in [-0.15, -0.1) is 0 Å². The van der Waals surface area contributed by atoms with E-state index in [1.54, 1.807) is 5.56 Å². The number of nitrogens with zero attached hydrogens (tertiary/aromatic N) is 1. The molecular weight excluding hydrogens is 222 g/mol. The molecule has 0 spiro atoms. The molecule has 94 valence electrons. The van der Waals surface area contributed by atoms with Crippen molar-refractivity contribution in [1.29, 1.82) is 0 Å². The zero-order valence-electron chi connectivity index (χ0n) is 10.9. The van der Waals surface area contributed by atoms with Gasteiger partial charge in [-0.25, -0.2) is 0 Å². The number of aromatic nitrogens is 1. The zero-order chi connectivity index (χ0) is 12.3. The molecule has 1 aromatic carbocycles. The van der Waals surface area contributed by atoms with E-state index in [1.807, 2.05) is 0 Å². The van der Waals surface area contributed by atoms with Crippen molar-refractivity contribution in [3.05, 3.63) is 35.0 Å². The molecule has 3 heteroatoms. The van der Waals surface area contributed by atoms with Gasteiger partial charge in [-0.2, -0.15) is 5.84 Å². The Balaban J connectivity index is 2.08. The fourth-order valence-electron chi connectivity index (χ4n) is 3.86. The number of quaternary nitrogens is 1. The van der Waals surface area contributed by atoms with Crippen molar-refractivity contribution in [1.82, 2.24) is 4.57 Å². The van der Waals surface area contributed by atoms with E-state index in [-0.39, 0.29) is 0 Å². The van der Waals surface area contributed by atoms with Crippen LogP contribution in [0.15, 0.2) is 18.2 Å². The van der Waals surface area contributed by atoms with Crippen LogP contribution in [0.4, 0.5) is 0 Å². The van der Waals surface area contributed by atoms with Crippen molar-refractivity contribution in [2.75, 3.05) is 6.54 Å². The highest BCUT2D eigenvalue weighted by molar-refractivity contribution is 5.86. The van der Waals surface area contributed by atoms with E-state index in [9.17, 15) is 0 Å². The Morgan fingerprint density at radius 2 is 2.28 bits per heavy atom. The molecule has 2 unspecified atom stereocenters. The molecule has 2 heterocycles. The van der Waals surface area contributed by atoms with Gasteiger partial charge in [0.05, 0.1) is 12.2 Å². The molecule has 1 aromatic heterocycles. The summed E-state index contributed by atoms with van der Waals surface area (Å²) in [6.07, 6.45) is 3.76. The van der Waals surface area contributed by atoms with Gasteiger partial charge in [0.2, 0.25) is 0 Å². The molecule has 0 saturated carbocycles. The monoisotopic (exact) mass is 242 g/mol. The number of nitrogens with two attached hydrogens (primary N) is 1. The zero-order valence-corrected chi connectivity index (χ0v) is 10.9. The predicted octanol–water partition coefficient (Wildman–Crippen LogP) is 1.10. The SMILES string of the molecule is Cc1ccc2c(c1)c1c3n2CC[NH+](N)C3CCC1. The number of fused-ring (bicyclic) bond motifs is 3. The Hall–Kier alpha value is -1.32. The summed E-state index contributed by atoms with van der Waals surface area (Å²) in [5.41, 5.74) is 5.89. The van der Waals surface area contributed by atoms with Crippen molar-refractivity contribution < 1.29 is 5.01 Å². The minimum absolute atomic E-state index is 0.523. The average Bonchev–Trinajstić information content (AvgIpc) is 2.69. The van der Waals surface area contributed by atoms with Gasteiger partial charge >= 0.3 is 0 Å². The van der Waals surface area contributed by atoms with E-state index in [1.165, 1.54) is 46.4 Å². The molecule has 3 N–H and O–H groups in total. The highest BCUT2D eigenvalue weighted by Crippen LogP contribution is 2.37. The maximum absolute atomic E-state index is 6.26. The molecule has 0 fully saturated rings. The van der Waals surface area contributed by atoms with E-state index in [2.05, 4.69) is 29.7 Å². The first-order valence-electron chi connectivity index (χ1n) is 6.98. The molecule has 18 heavy (non-hydrogen) atoms. The summed E-state index contributed by atoms with van der Waals surface area (Å²) >= 11 is 0. The van der Waals surface area contributed by atoms with Gasteiger partial charge in [-0.1, -0.05) is 11.6 Å². The third-order valence-corrected chi connectivity index (χ3v) is 4.69. The molecule has 2 aliphatic rings. The molecule has 0 radical (unpaired) electrons. The Labute approximate surface area is 107 Å². The molecule has 0 bridgehead atoms. The van der Waals surface area contributed by atoms with Crippen LogP contribution in [0.1, 0.15) is 35.7 Å². The number of aryl methyl sites for hydroxylation is 2. The summed E-state index contributed by atoms with van der Waals surface area (Å²) in [7, 11) is 0. The maximum Gasteiger partial charge on any atom is 0.146 e. The van der Waals surface area contributed by atoms with Crippen LogP contribution >= 0.6 is 0 Å². The van der Waals surface area contributed by atoms with Crippen LogP contribution in [0.25, 0.3) is 10.9 Å². The number of hydrogen-bond donors (Lipinski definition) is 2. The topological polar surface area (TPSA) is 35.4 Å². The molecule has 1 aliphatic carbocycles. The molecule has 1 aliphatic heterocycles. The van der Waals surface area contributed by atoms with Crippen LogP contribution in [0.5, 0.6) is 0 Å². The standard InChI is InChI=1S/C15H19N3/c1-10-5-6-13-12(9-10)11-3-2-4-14-15(11)17(13)7-8-18(14)16/h5-6,9,14H,2-4,7-8,16H2,1H3/p+1. The summed E-state index contributed by atoms with van der Waals surface area (Å²) in [5.74, 6) is 6.26. The van der Waals surface area contributed by atoms with Crippen molar-refractivity contribution in [3.63, 3.8) is 0 Å². The number of benzene rings is 1. The molecule has 4 rings (SSSR count). The Morgan fingerprint density at radius 3 is 3.17 bits per heavy atom. The maximum atomic E-state index is 6.26. The van der Waals surface area contributed by atoms with Gasteiger partial charge in [0, 0.05) is 17.3 Å². The third kappa shape index (κ3) is 1.26. The van der Waals surface area contributed by atoms with E-state index >= 15 is 0 Å². The second-order valence-electron chi connectivity index (χ2n) is 5.81. The van der Waals surface area contributed by atoms with Gasteiger partial charge in [-0.3, -0.25) is 5.01 Å².